The van der Waals surface area contributed by atoms with E-state index in [-0.39, 0.29) is 12.5 Å². The number of nitrogens with zero attached hydrogens (tertiary/aromatic N) is 1. The normalized spacial score (nSPS) is 10.6. The first kappa shape index (κ1) is 17.7. The van der Waals surface area contributed by atoms with E-state index in [0.29, 0.717) is 19.6 Å². The summed E-state index contributed by atoms with van der Waals surface area (Å²) in [6.07, 6.45) is 1.96. The minimum absolute atomic E-state index is 0.126. The van der Waals surface area contributed by atoms with Crippen molar-refractivity contribution in [1.29, 1.82) is 0 Å². The Morgan fingerprint density at radius 2 is 2.10 bits per heavy atom. The summed E-state index contributed by atoms with van der Waals surface area (Å²) in [4.78, 5) is 26.8. The summed E-state index contributed by atoms with van der Waals surface area (Å²) in [6, 6.07) is 2.16. The van der Waals surface area contributed by atoms with Crippen LogP contribution in [0.5, 0.6) is 0 Å². The van der Waals surface area contributed by atoms with Crippen LogP contribution in [-0.4, -0.2) is 48.7 Å². The van der Waals surface area contributed by atoms with Crippen molar-refractivity contribution in [2.75, 3.05) is 26.8 Å². The molecule has 0 fully saturated rings. The summed E-state index contributed by atoms with van der Waals surface area (Å²) in [6.45, 7) is 4.56. The largest absolute Gasteiger partial charge is 0.480 e. The predicted octanol–water partition coefficient (Wildman–Crippen LogP) is 2.25. The van der Waals surface area contributed by atoms with Crippen molar-refractivity contribution in [2.45, 2.75) is 33.1 Å². The Balaban J connectivity index is 2.45. The van der Waals surface area contributed by atoms with Gasteiger partial charge in [-0.3, -0.25) is 9.59 Å². The van der Waals surface area contributed by atoms with Gasteiger partial charge in [-0.2, -0.15) is 0 Å². The molecule has 0 aromatic carbocycles. The SMILES string of the molecule is COCCN(CC(=O)O)C(=O)CCCc1cc(C)sc1C. The minimum atomic E-state index is -0.997. The molecule has 118 valence electrons. The third-order valence-corrected chi connectivity index (χ3v) is 4.23. The molecule has 0 saturated carbocycles. The maximum atomic E-state index is 12.1. The zero-order valence-corrected chi connectivity index (χ0v) is 13.7. The summed E-state index contributed by atoms with van der Waals surface area (Å²) in [5, 5.41) is 8.84. The molecule has 0 saturated heterocycles. The van der Waals surface area contributed by atoms with Crippen LogP contribution in [0.1, 0.15) is 28.2 Å². The standard InChI is InChI=1S/C15H23NO4S/c1-11-9-13(12(2)21-11)5-4-6-14(17)16(7-8-20-3)10-15(18)19/h9H,4-8,10H2,1-3H3,(H,18,19). The van der Waals surface area contributed by atoms with Crippen LogP contribution >= 0.6 is 11.3 Å². The molecule has 0 aliphatic heterocycles. The molecule has 0 spiro atoms. The van der Waals surface area contributed by atoms with E-state index in [1.54, 1.807) is 11.3 Å². The lowest BCUT2D eigenvalue weighted by molar-refractivity contribution is -0.144. The fraction of sp³-hybridized carbons (Fsp3) is 0.600. The van der Waals surface area contributed by atoms with Gasteiger partial charge in [-0.15, -0.1) is 11.3 Å². The number of carbonyl (C=O) groups is 2. The number of carboxylic acids is 1. The van der Waals surface area contributed by atoms with Gasteiger partial charge in [0.05, 0.1) is 6.61 Å². The number of rotatable bonds is 9. The number of carbonyl (C=O) groups excluding carboxylic acids is 1. The first-order valence-electron chi connectivity index (χ1n) is 6.98. The highest BCUT2D eigenvalue weighted by Gasteiger charge is 2.16. The maximum absolute atomic E-state index is 12.1. The lowest BCUT2D eigenvalue weighted by Crippen LogP contribution is -2.37. The van der Waals surface area contributed by atoms with Crippen LogP contribution in [0.2, 0.25) is 0 Å². The van der Waals surface area contributed by atoms with Crippen molar-refractivity contribution < 1.29 is 19.4 Å². The smallest absolute Gasteiger partial charge is 0.323 e. The van der Waals surface area contributed by atoms with Crippen LogP contribution in [0.15, 0.2) is 6.07 Å². The van der Waals surface area contributed by atoms with Gasteiger partial charge in [0.1, 0.15) is 6.54 Å². The van der Waals surface area contributed by atoms with Gasteiger partial charge in [-0.05, 0) is 38.3 Å². The van der Waals surface area contributed by atoms with Crippen LogP contribution in [-0.2, 0) is 20.7 Å². The average Bonchev–Trinajstić information content (AvgIpc) is 2.72. The highest BCUT2D eigenvalue weighted by Crippen LogP contribution is 2.22. The molecule has 1 amide bonds. The van der Waals surface area contributed by atoms with Crippen molar-refractivity contribution >= 4 is 23.2 Å². The summed E-state index contributed by atoms with van der Waals surface area (Å²) >= 11 is 1.76. The van der Waals surface area contributed by atoms with Gasteiger partial charge in [0.15, 0.2) is 0 Å². The number of thiophene rings is 1. The molecule has 0 atom stereocenters. The Bertz CT molecular complexity index is 484. The molecule has 1 heterocycles. The molecule has 0 aliphatic rings. The van der Waals surface area contributed by atoms with Crippen LogP contribution in [0.3, 0.4) is 0 Å². The number of methoxy groups -OCH3 is 1. The van der Waals surface area contributed by atoms with Gasteiger partial charge >= 0.3 is 5.97 Å². The predicted molar refractivity (Wildman–Crippen MR) is 82.8 cm³/mol. The molecule has 6 heteroatoms. The molecular weight excluding hydrogens is 290 g/mol. The van der Waals surface area contributed by atoms with E-state index in [1.165, 1.54) is 27.3 Å². The number of hydrogen-bond acceptors (Lipinski definition) is 4. The van der Waals surface area contributed by atoms with Crippen LogP contribution in [0.4, 0.5) is 0 Å². The van der Waals surface area contributed by atoms with Crippen molar-refractivity contribution in [3.63, 3.8) is 0 Å². The molecule has 1 aromatic rings. The zero-order valence-electron chi connectivity index (χ0n) is 12.8. The molecule has 1 aromatic heterocycles. The van der Waals surface area contributed by atoms with Crippen molar-refractivity contribution in [1.82, 2.24) is 4.90 Å². The second-order valence-electron chi connectivity index (χ2n) is 4.99. The van der Waals surface area contributed by atoms with Gasteiger partial charge in [-0.25, -0.2) is 0 Å². The summed E-state index contributed by atoms with van der Waals surface area (Å²) in [7, 11) is 1.53. The second kappa shape index (κ2) is 8.79. The Kier molecular flexibility index (Phi) is 7.39. The van der Waals surface area contributed by atoms with Gasteiger partial charge < -0.3 is 14.7 Å². The van der Waals surface area contributed by atoms with Crippen molar-refractivity contribution in [3.05, 3.63) is 21.4 Å². The monoisotopic (exact) mass is 313 g/mol. The van der Waals surface area contributed by atoms with E-state index < -0.39 is 5.97 Å². The van der Waals surface area contributed by atoms with E-state index >= 15 is 0 Å². The number of hydrogen-bond donors (Lipinski definition) is 1. The van der Waals surface area contributed by atoms with Crippen LogP contribution in [0.25, 0.3) is 0 Å². The molecule has 0 aliphatic carbocycles. The van der Waals surface area contributed by atoms with Gasteiger partial charge in [-0.1, -0.05) is 0 Å². The van der Waals surface area contributed by atoms with E-state index in [1.807, 2.05) is 0 Å². The van der Waals surface area contributed by atoms with E-state index in [4.69, 9.17) is 9.84 Å². The summed E-state index contributed by atoms with van der Waals surface area (Å²) < 4.78 is 4.91. The Morgan fingerprint density at radius 3 is 2.62 bits per heavy atom. The van der Waals surface area contributed by atoms with Crippen molar-refractivity contribution in [3.8, 4) is 0 Å². The van der Waals surface area contributed by atoms with E-state index in [9.17, 15) is 9.59 Å². The summed E-state index contributed by atoms with van der Waals surface area (Å²) in [5.74, 6) is -1.12. The molecule has 0 radical (unpaired) electrons. The molecule has 21 heavy (non-hydrogen) atoms. The number of aryl methyl sites for hydroxylation is 3. The van der Waals surface area contributed by atoms with Gasteiger partial charge in [0.25, 0.3) is 0 Å². The molecule has 0 unspecified atom stereocenters. The number of amides is 1. The molecule has 1 N–H and O–H groups in total. The molecule has 1 rings (SSSR count). The third-order valence-electron chi connectivity index (χ3n) is 3.22. The van der Waals surface area contributed by atoms with Crippen LogP contribution in [0, 0.1) is 13.8 Å². The van der Waals surface area contributed by atoms with E-state index in [0.717, 1.165) is 12.8 Å². The Hall–Kier alpha value is -1.40. The Morgan fingerprint density at radius 1 is 1.38 bits per heavy atom. The molecular formula is C15H23NO4S. The molecule has 0 bridgehead atoms. The Labute approximate surface area is 129 Å². The highest BCUT2D eigenvalue weighted by atomic mass is 32.1. The number of aliphatic carboxylic acids is 1. The average molecular weight is 313 g/mol. The van der Waals surface area contributed by atoms with E-state index in [2.05, 4.69) is 19.9 Å². The zero-order chi connectivity index (χ0) is 15.8. The number of carboxylic acid groups (broad SMARTS) is 1. The highest BCUT2D eigenvalue weighted by molar-refractivity contribution is 7.12. The maximum Gasteiger partial charge on any atom is 0.323 e. The van der Waals surface area contributed by atoms with Gasteiger partial charge in [0, 0.05) is 29.8 Å². The first-order chi connectivity index (χ1) is 9.93. The second-order valence-corrected chi connectivity index (χ2v) is 6.45. The fourth-order valence-corrected chi connectivity index (χ4v) is 3.15. The third kappa shape index (κ3) is 6.27. The quantitative estimate of drug-likeness (QED) is 0.759. The lowest BCUT2D eigenvalue weighted by Gasteiger charge is -2.20. The molecule has 5 nitrogen and oxygen atoms in total. The van der Waals surface area contributed by atoms with Crippen molar-refractivity contribution in [2.24, 2.45) is 0 Å². The van der Waals surface area contributed by atoms with Crippen LogP contribution < -0.4 is 0 Å². The number of ether oxygens (including phenoxy) is 1. The minimum Gasteiger partial charge on any atom is -0.480 e. The first-order valence-corrected chi connectivity index (χ1v) is 7.80. The van der Waals surface area contributed by atoms with Gasteiger partial charge in [0.2, 0.25) is 5.91 Å². The lowest BCUT2D eigenvalue weighted by atomic mass is 10.1. The fourth-order valence-electron chi connectivity index (χ4n) is 2.18. The topological polar surface area (TPSA) is 66.8 Å². The summed E-state index contributed by atoms with van der Waals surface area (Å²) in [5.41, 5.74) is 1.28.